The predicted octanol–water partition coefficient (Wildman–Crippen LogP) is 1.99. The van der Waals surface area contributed by atoms with Crippen molar-refractivity contribution in [1.82, 2.24) is 14.8 Å². The highest BCUT2D eigenvalue weighted by atomic mass is 35.5. The zero-order chi connectivity index (χ0) is 22.9. The van der Waals surface area contributed by atoms with Crippen molar-refractivity contribution < 1.29 is 34.0 Å². The molecule has 11 nitrogen and oxygen atoms in total. The summed E-state index contributed by atoms with van der Waals surface area (Å²) in [5, 5.41) is 25.6. The minimum Gasteiger partial charge on any atom is -0.393 e. The summed E-state index contributed by atoms with van der Waals surface area (Å²) in [6.07, 6.45) is 6.50. The molecule has 2 aromatic heterocycles. The molecule has 1 saturated heterocycles. The number of pyridine rings is 1. The Labute approximate surface area is 189 Å². The minimum atomic E-state index is -4.91. The van der Waals surface area contributed by atoms with Crippen LogP contribution in [0.2, 0.25) is 5.15 Å². The highest BCUT2D eigenvalue weighted by Crippen LogP contribution is 2.51. The van der Waals surface area contributed by atoms with Crippen molar-refractivity contribution in [3.63, 3.8) is 0 Å². The van der Waals surface area contributed by atoms with E-state index in [4.69, 9.17) is 21.1 Å². The number of nitrogens with zero attached hydrogens (tertiary/aromatic N) is 3. The number of ether oxygens (including phenoxy) is 2. The van der Waals surface area contributed by atoms with Crippen LogP contribution in [0.15, 0.2) is 12.3 Å². The Balaban J connectivity index is 1.47. The van der Waals surface area contributed by atoms with Gasteiger partial charge in [0.05, 0.1) is 43.2 Å². The molecular weight excluding hydrogens is 463 g/mol. The van der Waals surface area contributed by atoms with Crippen molar-refractivity contribution in [1.29, 1.82) is 0 Å². The summed E-state index contributed by atoms with van der Waals surface area (Å²) in [7, 11) is -4.91. The second kappa shape index (κ2) is 9.52. The van der Waals surface area contributed by atoms with Crippen LogP contribution in [0.5, 0.6) is 0 Å². The summed E-state index contributed by atoms with van der Waals surface area (Å²) in [6, 6.07) is 2.20. The molecule has 2 fully saturated rings. The Morgan fingerprint density at radius 2 is 1.97 bits per heavy atom. The summed E-state index contributed by atoms with van der Waals surface area (Å²) >= 11 is 6.27. The molecular formula is C19H28ClN4O7P. The largest absolute Gasteiger partial charge is 0.393 e. The first-order valence-corrected chi connectivity index (χ1v) is 12.6. The number of aliphatic hydroxyl groups excluding tert-OH is 2. The molecule has 0 spiro atoms. The lowest BCUT2D eigenvalue weighted by Gasteiger charge is -2.31. The molecule has 3 heterocycles. The fourth-order valence-electron chi connectivity index (χ4n) is 4.25. The van der Waals surface area contributed by atoms with Crippen molar-refractivity contribution in [2.45, 2.75) is 62.2 Å². The van der Waals surface area contributed by atoms with Crippen molar-refractivity contribution in [3.05, 3.63) is 17.4 Å². The van der Waals surface area contributed by atoms with Gasteiger partial charge in [0.15, 0.2) is 11.9 Å². The second-order valence-electron chi connectivity index (χ2n) is 8.35. The fourth-order valence-corrected chi connectivity index (χ4v) is 5.05. The first-order chi connectivity index (χ1) is 15.3. The van der Waals surface area contributed by atoms with Gasteiger partial charge >= 0.3 is 7.60 Å². The van der Waals surface area contributed by atoms with Gasteiger partial charge in [-0.2, -0.15) is 5.10 Å². The quantitative estimate of drug-likeness (QED) is 0.260. The number of hydrogen-bond donors (Lipinski definition) is 5. The van der Waals surface area contributed by atoms with Crippen molar-refractivity contribution in [2.75, 3.05) is 25.1 Å². The number of rotatable bonds is 9. The third-order valence-electron chi connectivity index (χ3n) is 6.17. The maximum atomic E-state index is 11.7. The zero-order valence-electron chi connectivity index (χ0n) is 17.4. The molecule has 2 unspecified atom stereocenters. The van der Waals surface area contributed by atoms with E-state index in [0.29, 0.717) is 29.7 Å². The molecule has 0 bridgehead atoms. The molecule has 32 heavy (non-hydrogen) atoms. The van der Waals surface area contributed by atoms with Crippen molar-refractivity contribution >= 4 is 35.9 Å². The monoisotopic (exact) mass is 490 g/mol. The Morgan fingerprint density at radius 3 is 2.62 bits per heavy atom. The van der Waals surface area contributed by atoms with Gasteiger partial charge in [0.1, 0.15) is 5.15 Å². The molecule has 0 radical (unpaired) electrons. The first-order valence-electron chi connectivity index (χ1n) is 10.6. The Bertz CT molecular complexity index is 989. The van der Waals surface area contributed by atoms with E-state index in [9.17, 15) is 24.6 Å². The number of nitrogens with one attached hydrogen (secondary N) is 1. The summed E-state index contributed by atoms with van der Waals surface area (Å²) in [5.74, 6) is 0. The van der Waals surface area contributed by atoms with E-state index in [2.05, 4.69) is 15.4 Å². The summed E-state index contributed by atoms with van der Waals surface area (Å²) < 4.78 is 24.6. The van der Waals surface area contributed by atoms with E-state index in [0.717, 1.165) is 23.9 Å². The second-order valence-corrected chi connectivity index (χ2v) is 10.6. The molecule has 2 atom stereocenters. The number of aliphatic hydroxyl groups is 2. The fraction of sp³-hybridized carbons (Fsp3) is 0.684. The van der Waals surface area contributed by atoms with Gasteiger partial charge in [-0.25, -0.2) is 9.67 Å². The van der Waals surface area contributed by atoms with Crippen LogP contribution in [0, 0.1) is 0 Å². The molecule has 1 aliphatic heterocycles. The maximum Gasteiger partial charge on any atom is 0.361 e. The number of aromatic nitrogens is 3. The SMILES string of the molecule is O=P(O)(O)C(CO)(CO)OCC1CCC(n2ncc3c(NC4CCCC4)cc(Cl)nc32)O1. The van der Waals surface area contributed by atoms with Crippen LogP contribution < -0.4 is 5.32 Å². The van der Waals surface area contributed by atoms with E-state index in [1.54, 1.807) is 16.9 Å². The van der Waals surface area contributed by atoms with Crippen molar-refractivity contribution in [3.8, 4) is 0 Å². The van der Waals surface area contributed by atoms with Crippen LogP contribution in [-0.2, 0) is 14.0 Å². The molecule has 5 N–H and O–H groups in total. The van der Waals surface area contributed by atoms with Crippen molar-refractivity contribution in [2.24, 2.45) is 0 Å². The number of anilines is 1. The van der Waals surface area contributed by atoms with Crippen LogP contribution in [0.1, 0.15) is 44.8 Å². The third kappa shape index (κ3) is 4.67. The van der Waals surface area contributed by atoms with Gasteiger partial charge in [0.25, 0.3) is 0 Å². The molecule has 0 aromatic carbocycles. The average Bonchev–Trinajstić information content (AvgIpc) is 3.48. The topological polar surface area (TPSA) is 159 Å². The van der Waals surface area contributed by atoms with Crippen LogP contribution in [0.3, 0.4) is 0 Å². The van der Waals surface area contributed by atoms with Gasteiger partial charge in [-0.1, -0.05) is 24.4 Å². The van der Waals surface area contributed by atoms with E-state index < -0.39 is 38.5 Å². The van der Waals surface area contributed by atoms with E-state index in [1.165, 1.54) is 12.8 Å². The number of halogens is 1. The molecule has 1 saturated carbocycles. The Morgan fingerprint density at radius 1 is 1.25 bits per heavy atom. The van der Waals surface area contributed by atoms with E-state index >= 15 is 0 Å². The Kier molecular flexibility index (Phi) is 7.09. The normalized spacial score (nSPS) is 22.8. The van der Waals surface area contributed by atoms with Crippen LogP contribution in [0.25, 0.3) is 11.0 Å². The van der Waals surface area contributed by atoms with Gasteiger partial charge in [-0.15, -0.1) is 0 Å². The predicted molar refractivity (Wildman–Crippen MR) is 116 cm³/mol. The molecule has 4 rings (SSSR count). The standard InChI is InChI=1S/C19H28ClN4O7P/c20-16-7-15(22-12-3-1-2-4-12)14-8-21-24(18(14)23-16)17-6-5-13(31-17)9-30-19(10-25,11-26)32(27,28)29/h7-8,12-13,17,25-26H,1-6,9-11H2,(H,22,23)(H2,27,28,29). The van der Waals surface area contributed by atoms with Gasteiger partial charge in [-0.05, 0) is 31.7 Å². The first kappa shape index (κ1) is 23.8. The highest BCUT2D eigenvalue weighted by Gasteiger charge is 2.48. The molecule has 178 valence electrons. The van der Waals surface area contributed by atoms with E-state index in [1.807, 2.05) is 0 Å². The minimum absolute atomic E-state index is 0.204. The van der Waals surface area contributed by atoms with E-state index in [-0.39, 0.29) is 6.61 Å². The lowest BCUT2D eigenvalue weighted by Crippen LogP contribution is -2.42. The number of fused-ring (bicyclic) bond motifs is 1. The lowest BCUT2D eigenvalue weighted by atomic mass is 10.2. The summed E-state index contributed by atoms with van der Waals surface area (Å²) in [5.41, 5.74) is 1.47. The third-order valence-corrected chi connectivity index (χ3v) is 7.84. The van der Waals surface area contributed by atoms with Crippen LogP contribution >= 0.6 is 19.2 Å². The maximum absolute atomic E-state index is 11.7. The molecule has 13 heteroatoms. The molecule has 2 aromatic rings. The van der Waals surface area contributed by atoms with Gasteiger partial charge < -0.3 is 34.8 Å². The van der Waals surface area contributed by atoms with Gasteiger partial charge in [-0.3, -0.25) is 4.57 Å². The Hall–Kier alpha value is -1.30. The zero-order valence-corrected chi connectivity index (χ0v) is 19.1. The highest BCUT2D eigenvalue weighted by molar-refractivity contribution is 7.53. The molecule has 0 amide bonds. The average molecular weight is 491 g/mol. The smallest absolute Gasteiger partial charge is 0.361 e. The summed E-state index contributed by atoms with van der Waals surface area (Å²) in [4.78, 5) is 23.4. The van der Waals surface area contributed by atoms with Gasteiger partial charge in [0, 0.05) is 6.04 Å². The summed E-state index contributed by atoms with van der Waals surface area (Å²) in [6.45, 7) is -2.25. The number of hydrogen-bond acceptors (Lipinski definition) is 8. The lowest BCUT2D eigenvalue weighted by molar-refractivity contribution is -0.109. The van der Waals surface area contributed by atoms with Gasteiger partial charge in [0.2, 0.25) is 5.34 Å². The molecule has 2 aliphatic rings. The molecule has 1 aliphatic carbocycles. The van der Waals surface area contributed by atoms with Crippen LogP contribution in [0.4, 0.5) is 5.69 Å². The van der Waals surface area contributed by atoms with Crippen LogP contribution in [-0.4, -0.2) is 72.1 Å².